The lowest BCUT2D eigenvalue weighted by Crippen LogP contribution is -2.53. The molecule has 0 spiro atoms. The van der Waals surface area contributed by atoms with Crippen molar-refractivity contribution in [1.82, 2.24) is 0 Å². The summed E-state index contributed by atoms with van der Waals surface area (Å²) in [5.74, 6) is 0. The maximum atomic E-state index is 13.3. The summed E-state index contributed by atoms with van der Waals surface area (Å²) in [7, 11) is -4.23. The van der Waals surface area contributed by atoms with Gasteiger partial charge in [0.25, 0.3) is 15.6 Å². The van der Waals surface area contributed by atoms with Crippen molar-refractivity contribution >= 4 is 15.7 Å². The first-order chi connectivity index (χ1) is 15.3. The number of alkyl halides is 6. The molecular weight excluding hydrogens is 472 g/mol. The summed E-state index contributed by atoms with van der Waals surface area (Å²) in [5.41, 5.74) is -6.24. The molecule has 0 aliphatic rings. The number of benzene rings is 3. The summed E-state index contributed by atoms with van der Waals surface area (Å²) in [5, 5.41) is 9.58. The van der Waals surface area contributed by atoms with E-state index >= 15 is 0 Å². The minimum Gasteiger partial charge on any atom is -0.369 e. The minimum atomic E-state index is -6.05. The molecule has 3 rings (SSSR count). The van der Waals surface area contributed by atoms with Gasteiger partial charge in [-0.3, -0.25) is 4.31 Å². The van der Waals surface area contributed by atoms with Gasteiger partial charge in [-0.2, -0.15) is 26.3 Å². The predicted molar refractivity (Wildman–Crippen MR) is 109 cm³/mol. The predicted octanol–water partition coefficient (Wildman–Crippen LogP) is 5.39. The van der Waals surface area contributed by atoms with Gasteiger partial charge in [-0.15, -0.1) is 0 Å². The molecule has 33 heavy (non-hydrogen) atoms. The van der Waals surface area contributed by atoms with Gasteiger partial charge in [-0.05, 0) is 29.8 Å². The summed E-state index contributed by atoms with van der Waals surface area (Å²) in [6.07, 6.45) is -12.1. The molecule has 0 unspecified atom stereocenters. The average molecular weight is 489 g/mol. The Hall–Kier alpha value is -3.05. The van der Waals surface area contributed by atoms with E-state index in [1.807, 2.05) is 0 Å². The third kappa shape index (κ3) is 4.69. The fourth-order valence-corrected chi connectivity index (χ4v) is 4.61. The van der Waals surface area contributed by atoms with Crippen LogP contribution in [0.3, 0.4) is 0 Å². The molecule has 0 bridgehead atoms. The molecule has 3 aromatic rings. The molecule has 3 aromatic carbocycles. The zero-order valence-corrected chi connectivity index (χ0v) is 17.5. The lowest BCUT2D eigenvalue weighted by Gasteiger charge is -2.33. The van der Waals surface area contributed by atoms with E-state index in [0.29, 0.717) is 17.7 Å². The van der Waals surface area contributed by atoms with Crippen molar-refractivity contribution in [2.45, 2.75) is 29.4 Å². The molecule has 0 heterocycles. The monoisotopic (exact) mass is 489 g/mol. The van der Waals surface area contributed by atoms with Gasteiger partial charge in [0.2, 0.25) is 0 Å². The van der Waals surface area contributed by atoms with Crippen LogP contribution in [0.2, 0.25) is 0 Å². The van der Waals surface area contributed by atoms with Crippen LogP contribution < -0.4 is 4.31 Å². The Morgan fingerprint density at radius 1 is 0.697 bits per heavy atom. The van der Waals surface area contributed by atoms with E-state index in [1.165, 1.54) is 24.3 Å². The second-order valence-electron chi connectivity index (χ2n) is 7.06. The molecule has 0 radical (unpaired) electrons. The highest BCUT2D eigenvalue weighted by atomic mass is 32.2. The maximum absolute atomic E-state index is 13.3. The number of hydrogen-bond donors (Lipinski definition) is 1. The maximum Gasteiger partial charge on any atom is 0.430 e. The van der Waals surface area contributed by atoms with Gasteiger partial charge in [0, 0.05) is 5.56 Å². The first kappa shape index (κ1) is 24.6. The third-order valence-corrected chi connectivity index (χ3v) is 6.68. The molecule has 176 valence electrons. The average Bonchev–Trinajstić information content (AvgIpc) is 2.77. The lowest BCUT2D eigenvalue weighted by molar-refractivity contribution is -0.376. The molecule has 0 saturated heterocycles. The van der Waals surface area contributed by atoms with Crippen molar-refractivity contribution in [3.05, 3.63) is 96.1 Å². The van der Waals surface area contributed by atoms with Crippen molar-refractivity contribution in [2.24, 2.45) is 0 Å². The van der Waals surface area contributed by atoms with E-state index < -0.39 is 33.5 Å². The molecular formula is C22H17F6NO3S. The van der Waals surface area contributed by atoms with Crippen LogP contribution in [0.15, 0.2) is 89.8 Å². The summed E-state index contributed by atoms with van der Waals surface area (Å²) in [6, 6.07) is 17.8. The highest BCUT2D eigenvalue weighted by Gasteiger charge is 2.71. The van der Waals surface area contributed by atoms with Crippen LogP contribution in [0.25, 0.3) is 0 Å². The Balaban J connectivity index is 2.10. The Morgan fingerprint density at radius 3 is 1.61 bits per heavy atom. The molecule has 0 fully saturated rings. The molecule has 1 N–H and O–H groups in total. The zero-order valence-electron chi connectivity index (χ0n) is 16.7. The topological polar surface area (TPSA) is 57.6 Å². The summed E-state index contributed by atoms with van der Waals surface area (Å²) in [6.45, 7) is -0.236. The third-order valence-electron chi connectivity index (χ3n) is 4.89. The van der Waals surface area contributed by atoms with Crippen LogP contribution in [0, 0.1) is 0 Å². The summed E-state index contributed by atoms with van der Waals surface area (Å²) >= 11 is 0. The van der Waals surface area contributed by atoms with Crippen molar-refractivity contribution < 1.29 is 39.9 Å². The quantitative estimate of drug-likeness (QED) is 0.472. The number of sulfonamides is 1. The Bertz CT molecular complexity index is 1160. The smallest absolute Gasteiger partial charge is 0.369 e. The van der Waals surface area contributed by atoms with Gasteiger partial charge >= 0.3 is 12.4 Å². The normalized spacial score (nSPS) is 13.1. The summed E-state index contributed by atoms with van der Waals surface area (Å²) in [4.78, 5) is -0.118. The first-order valence-corrected chi connectivity index (χ1v) is 10.8. The number of halogens is 6. The van der Waals surface area contributed by atoms with E-state index in [2.05, 4.69) is 0 Å². The van der Waals surface area contributed by atoms with Crippen LogP contribution >= 0.6 is 0 Å². The van der Waals surface area contributed by atoms with Crippen LogP contribution in [0.1, 0.15) is 11.1 Å². The lowest BCUT2D eigenvalue weighted by atomic mass is 9.92. The molecule has 0 aromatic heterocycles. The fourth-order valence-electron chi connectivity index (χ4n) is 3.14. The Labute approximate surface area is 185 Å². The SMILES string of the molecule is O=S(=O)(c1ccccc1)N(Cc1ccccc1)c1ccc(C(O)(C(F)(F)F)C(F)(F)F)cc1. The zero-order chi connectivity index (χ0) is 24.5. The molecule has 0 atom stereocenters. The van der Waals surface area contributed by atoms with Gasteiger partial charge in [0.15, 0.2) is 0 Å². The van der Waals surface area contributed by atoms with Crippen LogP contribution in [-0.4, -0.2) is 25.9 Å². The van der Waals surface area contributed by atoms with Crippen molar-refractivity contribution in [3.63, 3.8) is 0 Å². The van der Waals surface area contributed by atoms with E-state index in [-0.39, 0.29) is 17.1 Å². The van der Waals surface area contributed by atoms with E-state index in [9.17, 15) is 39.9 Å². The highest BCUT2D eigenvalue weighted by molar-refractivity contribution is 7.92. The molecule has 0 aliphatic heterocycles. The number of rotatable bonds is 6. The van der Waals surface area contributed by atoms with Gasteiger partial charge < -0.3 is 5.11 Å². The molecule has 0 saturated carbocycles. The van der Waals surface area contributed by atoms with E-state index in [0.717, 1.165) is 16.4 Å². The number of anilines is 1. The van der Waals surface area contributed by atoms with E-state index in [4.69, 9.17) is 0 Å². The van der Waals surface area contributed by atoms with Crippen molar-refractivity contribution in [1.29, 1.82) is 0 Å². The Morgan fingerprint density at radius 2 is 1.15 bits per heavy atom. The largest absolute Gasteiger partial charge is 0.430 e. The molecule has 0 aliphatic carbocycles. The van der Waals surface area contributed by atoms with Gasteiger partial charge in [0.1, 0.15) is 0 Å². The van der Waals surface area contributed by atoms with Crippen LogP contribution in [0.4, 0.5) is 32.0 Å². The summed E-state index contributed by atoms with van der Waals surface area (Å²) < 4.78 is 106. The standard InChI is InChI=1S/C22H17F6NO3S/c23-21(24,25)20(30,22(26,27)28)17-11-13-18(14-12-17)29(15-16-7-3-1-4-8-16)33(31,32)19-9-5-2-6-10-19/h1-14,30H,15H2. The second-order valence-corrected chi connectivity index (χ2v) is 8.93. The molecule has 11 heteroatoms. The van der Waals surface area contributed by atoms with Gasteiger partial charge in [0.05, 0.1) is 17.1 Å². The molecule has 0 amide bonds. The van der Waals surface area contributed by atoms with Gasteiger partial charge in [-0.1, -0.05) is 60.7 Å². The first-order valence-electron chi connectivity index (χ1n) is 9.36. The van der Waals surface area contributed by atoms with Crippen LogP contribution in [0.5, 0.6) is 0 Å². The minimum absolute atomic E-state index is 0.118. The van der Waals surface area contributed by atoms with Crippen LogP contribution in [-0.2, 0) is 22.2 Å². The number of hydrogen-bond acceptors (Lipinski definition) is 3. The highest BCUT2D eigenvalue weighted by Crippen LogP contribution is 2.50. The van der Waals surface area contributed by atoms with Gasteiger partial charge in [-0.25, -0.2) is 8.42 Å². The second kappa shape index (κ2) is 8.71. The fraction of sp³-hybridized carbons (Fsp3) is 0.182. The number of nitrogens with zero attached hydrogens (tertiary/aromatic N) is 1. The van der Waals surface area contributed by atoms with Crippen molar-refractivity contribution in [3.8, 4) is 0 Å². The van der Waals surface area contributed by atoms with E-state index in [1.54, 1.807) is 36.4 Å². The van der Waals surface area contributed by atoms with Crippen molar-refractivity contribution in [2.75, 3.05) is 4.31 Å². The molecule has 4 nitrogen and oxygen atoms in total. The Kier molecular flexibility index (Phi) is 6.49. The number of aliphatic hydroxyl groups is 1.